The maximum absolute atomic E-state index is 14.1. The summed E-state index contributed by atoms with van der Waals surface area (Å²) in [6.45, 7) is 3.17. The van der Waals surface area contributed by atoms with E-state index in [-0.39, 0.29) is 17.9 Å². The first-order chi connectivity index (χ1) is 13.6. The van der Waals surface area contributed by atoms with Crippen LogP contribution in [0.3, 0.4) is 0 Å². The number of hydrogen-bond donors (Lipinski definition) is 1. The summed E-state index contributed by atoms with van der Waals surface area (Å²) < 4.78 is 69.1. The first-order valence-corrected chi connectivity index (χ1v) is 9.84. The van der Waals surface area contributed by atoms with Crippen molar-refractivity contribution in [2.24, 2.45) is 4.99 Å². The molecule has 1 aliphatic heterocycles. The second-order valence-corrected chi connectivity index (χ2v) is 7.81. The molecule has 1 atom stereocenters. The standard InChI is InChI=1S/C19H16F3N3O3S/c1-2-13-25-16(14-9-5-3-6-10-14)23-18(17(25)26,19(20,21)22)24-29(27,28)15-11-7-4-8-12-15/h2-12,24H,1,13H2. The zero-order chi connectivity index (χ0) is 21.3. The third-order valence-corrected chi connectivity index (χ3v) is 5.63. The van der Waals surface area contributed by atoms with Gasteiger partial charge in [0.1, 0.15) is 5.84 Å². The second-order valence-electron chi connectivity index (χ2n) is 6.13. The molecule has 3 rings (SSSR count). The Morgan fingerprint density at radius 2 is 1.62 bits per heavy atom. The predicted octanol–water partition coefficient (Wildman–Crippen LogP) is 2.70. The van der Waals surface area contributed by atoms with Gasteiger partial charge in [0.2, 0.25) is 10.0 Å². The van der Waals surface area contributed by atoms with E-state index < -0.39 is 32.7 Å². The minimum atomic E-state index is -5.33. The molecule has 0 saturated carbocycles. The molecule has 1 amide bonds. The number of nitrogens with one attached hydrogen (secondary N) is 1. The van der Waals surface area contributed by atoms with E-state index in [9.17, 15) is 26.4 Å². The molecule has 2 aromatic rings. The van der Waals surface area contributed by atoms with Crippen molar-refractivity contribution in [3.63, 3.8) is 0 Å². The van der Waals surface area contributed by atoms with E-state index in [1.165, 1.54) is 41.1 Å². The van der Waals surface area contributed by atoms with Crippen molar-refractivity contribution >= 4 is 21.8 Å². The lowest BCUT2D eigenvalue weighted by Crippen LogP contribution is -2.63. The van der Waals surface area contributed by atoms with Crippen molar-refractivity contribution in [3.05, 3.63) is 78.9 Å². The number of amidine groups is 1. The molecule has 0 spiro atoms. The number of carbonyl (C=O) groups excluding carboxylic acids is 1. The van der Waals surface area contributed by atoms with Crippen LogP contribution >= 0.6 is 0 Å². The highest BCUT2D eigenvalue weighted by atomic mass is 32.2. The van der Waals surface area contributed by atoms with Crippen LogP contribution in [0.1, 0.15) is 5.56 Å². The predicted molar refractivity (Wildman–Crippen MR) is 100 cm³/mol. The molecular formula is C19H16F3N3O3S. The maximum atomic E-state index is 14.1. The van der Waals surface area contributed by atoms with Gasteiger partial charge in [0.05, 0.1) is 4.90 Å². The molecular weight excluding hydrogens is 407 g/mol. The van der Waals surface area contributed by atoms with Crippen LogP contribution in [-0.2, 0) is 14.8 Å². The fourth-order valence-corrected chi connectivity index (χ4v) is 4.10. The number of alkyl halides is 3. The van der Waals surface area contributed by atoms with Crippen LogP contribution in [0.5, 0.6) is 0 Å². The quantitative estimate of drug-likeness (QED) is 0.726. The van der Waals surface area contributed by atoms with Gasteiger partial charge in [-0.3, -0.25) is 9.69 Å². The van der Waals surface area contributed by atoms with Crippen molar-refractivity contribution in [1.29, 1.82) is 0 Å². The molecule has 0 aliphatic carbocycles. The van der Waals surface area contributed by atoms with Crippen LogP contribution in [0.25, 0.3) is 0 Å². The molecule has 1 N–H and O–H groups in total. The Hall–Kier alpha value is -2.98. The number of rotatable bonds is 6. The smallest absolute Gasteiger partial charge is 0.289 e. The lowest BCUT2D eigenvalue weighted by molar-refractivity contribution is -0.194. The van der Waals surface area contributed by atoms with Crippen LogP contribution in [0.2, 0.25) is 0 Å². The summed E-state index contributed by atoms with van der Waals surface area (Å²) in [5, 5.41) is 0. The lowest BCUT2D eigenvalue weighted by Gasteiger charge is -2.28. The lowest BCUT2D eigenvalue weighted by atomic mass is 10.1. The Kier molecular flexibility index (Phi) is 5.33. The van der Waals surface area contributed by atoms with Gasteiger partial charge in [-0.1, -0.05) is 54.6 Å². The van der Waals surface area contributed by atoms with Gasteiger partial charge in [0, 0.05) is 12.1 Å². The fraction of sp³-hybridized carbons (Fsp3) is 0.158. The number of aliphatic imine (C=N–C) groups is 1. The summed E-state index contributed by atoms with van der Waals surface area (Å²) in [6, 6.07) is 14.2. The monoisotopic (exact) mass is 423 g/mol. The second kappa shape index (κ2) is 7.45. The molecule has 1 heterocycles. The Labute approximate surface area is 165 Å². The topological polar surface area (TPSA) is 78.8 Å². The van der Waals surface area contributed by atoms with Crippen molar-refractivity contribution in [2.45, 2.75) is 16.7 Å². The van der Waals surface area contributed by atoms with Gasteiger partial charge in [-0.05, 0) is 12.1 Å². The molecule has 0 bridgehead atoms. The molecule has 1 aliphatic rings. The molecule has 0 aromatic heterocycles. The Morgan fingerprint density at radius 3 is 2.14 bits per heavy atom. The number of halogens is 3. The maximum Gasteiger partial charge on any atom is 0.437 e. The van der Waals surface area contributed by atoms with E-state index >= 15 is 0 Å². The number of benzene rings is 2. The van der Waals surface area contributed by atoms with Crippen molar-refractivity contribution in [2.75, 3.05) is 6.54 Å². The Balaban J connectivity index is 2.18. The van der Waals surface area contributed by atoms with Crippen LogP contribution in [-0.4, -0.2) is 43.4 Å². The minimum Gasteiger partial charge on any atom is -0.289 e. The number of nitrogens with zero attached hydrogens (tertiary/aromatic N) is 2. The molecule has 0 fully saturated rings. The van der Waals surface area contributed by atoms with Gasteiger partial charge in [0.25, 0.3) is 5.91 Å². The molecule has 0 saturated heterocycles. The first-order valence-electron chi connectivity index (χ1n) is 8.36. The van der Waals surface area contributed by atoms with Gasteiger partial charge >= 0.3 is 11.8 Å². The van der Waals surface area contributed by atoms with E-state index in [1.54, 1.807) is 18.2 Å². The summed E-state index contributed by atoms with van der Waals surface area (Å²) in [4.78, 5) is 16.8. The first kappa shape index (κ1) is 20.7. The zero-order valence-electron chi connectivity index (χ0n) is 14.9. The Bertz CT molecular complexity index is 1050. The molecule has 29 heavy (non-hydrogen) atoms. The van der Waals surface area contributed by atoms with Gasteiger partial charge in [-0.2, -0.15) is 17.9 Å². The van der Waals surface area contributed by atoms with Crippen molar-refractivity contribution in [3.8, 4) is 0 Å². The molecule has 10 heteroatoms. The van der Waals surface area contributed by atoms with E-state index in [4.69, 9.17) is 0 Å². The van der Waals surface area contributed by atoms with Crippen LogP contribution in [0, 0.1) is 0 Å². The normalized spacial score (nSPS) is 19.9. The number of sulfonamides is 1. The van der Waals surface area contributed by atoms with Crippen LogP contribution < -0.4 is 4.72 Å². The highest BCUT2D eigenvalue weighted by molar-refractivity contribution is 7.89. The third-order valence-electron chi connectivity index (χ3n) is 4.17. The SMILES string of the molecule is C=CCN1C(=O)C(NS(=O)(=O)c2ccccc2)(C(F)(F)F)N=C1c1ccccc1. The van der Waals surface area contributed by atoms with Crippen LogP contribution in [0.4, 0.5) is 13.2 Å². The number of carbonyl (C=O) groups is 1. The van der Waals surface area contributed by atoms with E-state index in [0.29, 0.717) is 0 Å². The largest absolute Gasteiger partial charge is 0.437 e. The zero-order valence-corrected chi connectivity index (χ0v) is 15.7. The third kappa shape index (κ3) is 3.68. The minimum absolute atomic E-state index is 0.229. The van der Waals surface area contributed by atoms with Crippen molar-refractivity contribution in [1.82, 2.24) is 9.62 Å². The summed E-state index contributed by atoms with van der Waals surface area (Å²) in [7, 11) is -4.71. The number of hydrogen-bond acceptors (Lipinski definition) is 4. The summed E-state index contributed by atoms with van der Waals surface area (Å²) in [5.41, 5.74) is -3.46. The van der Waals surface area contributed by atoms with Gasteiger partial charge < -0.3 is 0 Å². The van der Waals surface area contributed by atoms with Crippen LogP contribution in [0.15, 0.2) is 83.2 Å². The summed E-state index contributed by atoms with van der Waals surface area (Å²) in [6.07, 6.45) is -4.10. The average molecular weight is 423 g/mol. The molecule has 6 nitrogen and oxygen atoms in total. The Morgan fingerprint density at radius 1 is 1.07 bits per heavy atom. The van der Waals surface area contributed by atoms with E-state index in [0.717, 1.165) is 17.0 Å². The average Bonchev–Trinajstić information content (AvgIpc) is 2.96. The van der Waals surface area contributed by atoms with E-state index in [1.807, 2.05) is 0 Å². The summed E-state index contributed by atoms with van der Waals surface area (Å²) >= 11 is 0. The van der Waals surface area contributed by atoms with Crippen molar-refractivity contribution < 1.29 is 26.4 Å². The number of amides is 1. The highest BCUT2D eigenvalue weighted by Gasteiger charge is 2.67. The van der Waals surface area contributed by atoms with Gasteiger partial charge in [-0.15, -0.1) is 6.58 Å². The highest BCUT2D eigenvalue weighted by Crippen LogP contribution is 2.39. The summed E-state index contributed by atoms with van der Waals surface area (Å²) in [5.74, 6) is -1.85. The van der Waals surface area contributed by atoms with Gasteiger partial charge in [0.15, 0.2) is 0 Å². The molecule has 152 valence electrons. The molecule has 1 unspecified atom stereocenters. The van der Waals surface area contributed by atoms with Gasteiger partial charge in [-0.25, -0.2) is 13.4 Å². The molecule has 2 aromatic carbocycles. The molecule has 0 radical (unpaired) electrons. The fourth-order valence-electron chi connectivity index (χ4n) is 2.83. The van der Waals surface area contributed by atoms with E-state index in [2.05, 4.69) is 11.6 Å².